The van der Waals surface area contributed by atoms with Crippen molar-refractivity contribution in [1.82, 2.24) is 5.32 Å². The Balaban J connectivity index is 1.92. The third-order valence-corrected chi connectivity index (χ3v) is 3.62. The molecule has 20 heavy (non-hydrogen) atoms. The van der Waals surface area contributed by atoms with Gasteiger partial charge in [0.2, 0.25) is 5.91 Å². The van der Waals surface area contributed by atoms with E-state index >= 15 is 0 Å². The van der Waals surface area contributed by atoms with E-state index in [-0.39, 0.29) is 12.0 Å². The van der Waals surface area contributed by atoms with Gasteiger partial charge in [-0.15, -0.1) is 0 Å². The molecule has 1 aliphatic heterocycles. The Kier molecular flexibility index (Phi) is 5.01. The Hall–Kier alpha value is -1.55. The third-order valence-electron chi connectivity index (χ3n) is 3.62. The SMILES string of the molecule is COc1c(C)cc(C)cc1CCNC(=O)C1CCCO1. The highest BCUT2D eigenvalue weighted by Gasteiger charge is 2.23. The van der Waals surface area contributed by atoms with Crippen LogP contribution in [0, 0.1) is 13.8 Å². The van der Waals surface area contributed by atoms with Crippen molar-refractivity contribution in [2.24, 2.45) is 0 Å². The third kappa shape index (κ3) is 3.51. The summed E-state index contributed by atoms with van der Waals surface area (Å²) in [5.74, 6) is 0.924. The molecular weight excluding hydrogens is 254 g/mol. The first-order valence-corrected chi connectivity index (χ1v) is 7.15. The lowest BCUT2D eigenvalue weighted by Crippen LogP contribution is -2.35. The van der Waals surface area contributed by atoms with E-state index in [1.165, 1.54) is 5.56 Å². The number of benzene rings is 1. The van der Waals surface area contributed by atoms with Crippen LogP contribution in [0.3, 0.4) is 0 Å². The molecule has 0 radical (unpaired) electrons. The fourth-order valence-corrected chi connectivity index (χ4v) is 2.74. The highest BCUT2D eigenvalue weighted by atomic mass is 16.5. The van der Waals surface area contributed by atoms with Gasteiger partial charge in [-0.25, -0.2) is 0 Å². The van der Waals surface area contributed by atoms with E-state index in [0.717, 1.165) is 36.1 Å². The lowest BCUT2D eigenvalue weighted by molar-refractivity contribution is -0.129. The first-order chi connectivity index (χ1) is 9.61. The second kappa shape index (κ2) is 6.75. The summed E-state index contributed by atoms with van der Waals surface area (Å²) >= 11 is 0. The fourth-order valence-electron chi connectivity index (χ4n) is 2.74. The van der Waals surface area contributed by atoms with Crippen molar-refractivity contribution < 1.29 is 14.3 Å². The average Bonchev–Trinajstić information content (AvgIpc) is 2.92. The normalized spacial score (nSPS) is 18.1. The topological polar surface area (TPSA) is 47.6 Å². The van der Waals surface area contributed by atoms with Crippen LogP contribution in [0.5, 0.6) is 5.75 Å². The molecule has 1 N–H and O–H groups in total. The maximum absolute atomic E-state index is 11.9. The lowest BCUT2D eigenvalue weighted by Gasteiger charge is -2.14. The van der Waals surface area contributed by atoms with Crippen molar-refractivity contribution in [2.75, 3.05) is 20.3 Å². The van der Waals surface area contributed by atoms with E-state index in [2.05, 4.69) is 24.4 Å². The molecule has 4 heteroatoms. The van der Waals surface area contributed by atoms with E-state index in [0.29, 0.717) is 13.2 Å². The number of rotatable bonds is 5. The predicted molar refractivity (Wildman–Crippen MR) is 78.2 cm³/mol. The zero-order valence-corrected chi connectivity index (χ0v) is 12.5. The molecule has 0 spiro atoms. The molecule has 1 saturated heterocycles. The monoisotopic (exact) mass is 277 g/mol. The maximum Gasteiger partial charge on any atom is 0.249 e. The Labute approximate surface area is 120 Å². The molecule has 1 fully saturated rings. The Bertz CT molecular complexity index is 479. The molecule has 0 aliphatic carbocycles. The summed E-state index contributed by atoms with van der Waals surface area (Å²) in [6.45, 7) is 5.42. The van der Waals surface area contributed by atoms with Crippen LogP contribution in [0.2, 0.25) is 0 Å². The van der Waals surface area contributed by atoms with Gasteiger partial charge in [-0.2, -0.15) is 0 Å². The number of ether oxygens (including phenoxy) is 2. The minimum atomic E-state index is -0.254. The van der Waals surface area contributed by atoms with Crippen molar-refractivity contribution in [2.45, 2.75) is 39.2 Å². The second-order valence-electron chi connectivity index (χ2n) is 5.32. The van der Waals surface area contributed by atoms with E-state index in [4.69, 9.17) is 9.47 Å². The highest BCUT2D eigenvalue weighted by molar-refractivity contribution is 5.80. The second-order valence-corrected chi connectivity index (χ2v) is 5.32. The molecule has 1 atom stereocenters. The highest BCUT2D eigenvalue weighted by Crippen LogP contribution is 2.25. The van der Waals surface area contributed by atoms with Crippen molar-refractivity contribution in [3.05, 3.63) is 28.8 Å². The van der Waals surface area contributed by atoms with Crippen LogP contribution >= 0.6 is 0 Å². The van der Waals surface area contributed by atoms with E-state index in [1.807, 2.05) is 6.92 Å². The van der Waals surface area contributed by atoms with E-state index < -0.39 is 0 Å². The summed E-state index contributed by atoms with van der Waals surface area (Å²) < 4.78 is 10.8. The quantitative estimate of drug-likeness (QED) is 0.897. The van der Waals surface area contributed by atoms with Crippen LogP contribution in [-0.4, -0.2) is 32.3 Å². The van der Waals surface area contributed by atoms with Crippen LogP contribution in [0.4, 0.5) is 0 Å². The Morgan fingerprint density at radius 1 is 1.45 bits per heavy atom. The van der Waals surface area contributed by atoms with Gasteiger partial charge in [0.15, 0.2) is 0 Å². The van der Waals surface area contributed by atoms with Gasteiger partial charge in [-0.05, 0) is 44.2 Å². The van der Waals surface area contributed by atoms with E-state index in [9.17, 15) is 4.79 Å². The Morgan fingerprint density at radius 3 is 2.90 bits per heavy atom. The van der Waals surface area contributed by atoms with Crippen molar-refractivity contribution in [1.29, 1.82) is 0 Å². The molecule has 0 aromatic heterocycles. The summed E-state index contributed by atoms with van der Waals surface area (Å²) in [5, 5.41) is 2.94. The van der Waals surface area contributed by atoms with Crippen molar-refractivity contribution >= 4 is 5.91 Å². The number of methoxy groups -OCH3 is 1. The van der Waals surface area contributed by atoms with Crippen LogP contribution < -0.4 is 10.1 Å². The van der Waals surface area contributed by atoms with Gasteiger partial charge >= 0.3 is 0 Å². The van der Waals surface area contributed by atoms with Crippen LogP contribution in [-0.2, 0) is 16.0 Å². The van der Waals surface area contributed by atoms with Gasteiger partial charge in [0, 0.05) is 13.2 Å². The summed E-state index contributed by atoms with van der Waals surface area (Å²) in [6.07, 6.45) is 2.32. The minimum absolute atomic E-state index is 0.00541. The summed E-state index contributed by atoms with van der Waals surface area (Å²) in [6, 6.07) is 4.22. The molecule has 4 nitrogen and oxygen atoms in total. The predicted octanol–water partition coefficient (Wildman–Crippen LogP) is 2.15. The van der Waals surface area contributed by atoms with Crippen LogP contribution in [0.15, 0.2) is 12.1 Å². The number of hydrogen-bond acceptors (Lipinski definition) is 3. The number of nitrogens with one attached hydrogen (secondary N) is 1. The first kappa shape index (κ1) is 14.9. The standard InChI is InChI=1S/C16H23NO3/c1-11-9-12(2)15(19-3)13(10-11)6-7-17-16(18)14-5-4-8-20-14/h9-10,14H,4-8H2,1-3H3,(H,17,18). The molecule has 1 aromatic carbocycles. The fraction of sp³-hybridized carbons (Fsp3) is 0.562. The molecule has 110 valence electrons. The van der Waals surface area contributed by atoms with Crippen molar-refractivity contribution in [3.8, 4) is 5.75 Å². The first-order valence-electron chi connectivity index (χ1n) is 7.15. The molecular formula is C16H23NO3. The molecule has 0 bridgehead atoms. The number of carbonyl (C=O) groups is 1. The molecule has 1 heterocycles. The molecule has 2 rings (SSSR count). The summed E-state index contributed by atoms with van der Waals surface area (Å²) in [4.78, 5) is 11.9. The number of carbonyl (C=O) groups excluding carboxylic acids is 1. The van der Waals surface area contributed by atoms with Gasteiger partial charge in [0.1, 0.15) is 11.9 Å². The largest absolute Gasteiger partial charge is 0.496 e. The number of hydrogen-bond donors (Lipinski definition) is 1. The van der Waals surface area contributed by atoms with Crippen molar-refractivity contribution in [3.63, 3.8) is 0 Å². The summed E-state index contributed by atoms with van der Waals surface area (Å²) in [5.41, 5.74) is 3.48. The zero-order valence-electron chi connectivity index (χ0n) is 12.5. The molecule has 1 aromatic rings. The van der Waals surface area contributed by atoms with Crippen LogP contribution in [0.25, 0.3) is 0 Å². The molecule has 1 unspecified atom stereocenters. The van der Waals surface area contributed by atoms with Gasteiger partial charge in [-0.1, -0.05) is 17.7 Å². The Morgan fingerprint density at radius 2 is 2.25 bits per heavy atom. The smallest absolute Gasteiger partial charge is 0.249 e. The van der Waals surface area contributed by atoms with Crippen LogP contribution in [0.1, 0.15) is 29.5 Å². The average molecular weight is 277 g/mol. The number of aryl methyl sites for hydroxylation is 2. The van der Waals surface area contributed by atoms with Gasteiger partial charge in [-0.3, -0.25) is 4.79 Å². The van der Waals surface area contributed by atoms with Gasteiger partial charge in [0.25, 0.3) is 0 Å². The number of amides is 1. The minimum Gasteiger partial charge on any atom is -0.496 e. The maximum atomic E-state index is 11.9. The summed E-state index contributed by atoms with van der Waals surface area (Å²) in [7, 11) is 1.69. The lowest BCUT2D eigenvalue weighted by atomic mass is 10.0. The van der Waals surface area contributed by atoms with Gasteiger partial charge < -0.3 is 14.8 Å². The van der Waals surface area contributed by atoms with Gasteiger partial charge in [0.05, 0.1) is 7.11 Å². The van der Waals surface area contributed by atoms with E-state index in [1.54, 1.807) is 7.11 Å². The molecule has 1 amide bonds. The molecule has 1 aliphatic rings. The zero-order chi connectivity index (χ0) is 14.5. The molecule has 0 saturated carbocycles.